The molecule has 1 aliphatic heterocycles. The number of benzene rings is 2. The number of nitrogens with one attached hydrogen (secondary N) is 2. The third-order valence-electron chi connectivity index (χ3n) is 5.27. The fourth-order valence-electron chi connectivity index (χ4n) is 4.01. The van der Waals surface area contributed by atoms with Crippen LogP contribution in [0.15, 0.2) is 36.4 Å². The van der Waals surface area contributed by atoms with Crippen LogP contribution < -0.4 is 10.2 Å². The van der Waals surface area contributed by atoms with Gasteiger partial charge in [-0.25, -0.2) is 4.79 Å². The van der Waals surface area contributed by atoms with Crippen LogP contribution in [-0.2, 0) is 27.3 Å². The number of hydrogen-bond donors (Lipinski definition) is 2. The Morgan fingerprint density at radius 1 is 1.11 bits per heavy atom. The Bertz CT molecular complexity index is 853. The summed E-state index contributed by atoms with van der Waals surface area (Å²) in [4.78, 5) is 26.0. The van der Waals surface area contributed by atoms with E-state index in [1.165, 1.54) is 18.2 Å². The van der Waals surface area contributed by atoms with Gasteiger partial charge in [0.15, 0.2) is 12.6 Å². The first kappa shape index (κ1) is 19.1. The summed E-state index contributed by atoms with van der Waals surface area (Å²) in [6, 6.07) is 11.8. The molecular formula is C22H27N2O3+. The molecule has 0 spiro atoms. The molecule has 0 radical (unpaired) electrons. The number of amides is 1. The van der Waals surface area contributed by atoms with Crippen molar-refractivity contribution in [3.05, 3.63) is 64.2 Å². The predicted octanol–water partition coefficient (Wildman–Crippen LogP) is 1.73. The normalized spacial score (nSPS) is 18.5. The SMILES string of the molecule is COC(=O)[C@@H]1Cc2ccccc2C[NH+]1CC(=O)Nc1c(C)cc(C)cc1C. The third-order valence-corrected chi connectivity index (χ3v) is 5.27. The maximum atomic E-state index is 12.8. The van der Waals surface area contributed by atoms with Gasteiger partial charge in [0.1, 0.15) is 6.54 Å². The van der Waals surface area contributed by atoms with E-state index in [0.29, 0.717) is 13.0 Å². The zero-order chi connectivity index (χ0) is 19.6. The molecule has 0 aromatic heterocycles. The van der Waals surface area contributed by atoms with E-state index >= 15 is 0 Å². The first-order valence-corrected chi connectivity index (χ1v) is 9.26. The molecule has 0 aliphatic carbocycles. The zero-order valence-corrected chi connectivity index (χ0v) is 16.4. The highest BCUT2D eigenvalue weighted by Crippen LogP contribution is 2.21. The van der Waals surface area contributed by atoms with Crippen LogP contribution in [0.1, 0.15) is 27.8 Å². The molecule has 0 saturated heterocycles. The molecular weight excluding hydrogens is 340 g/mol. The number of aryl methyl sites for hydroxylation is 3. The first-order valence-electron chi connectivity index (χ1n) is 9.26. The van der Waals surface area contributed by atoms with E-state index in [2.05, 4.69) is 23.5 Å². The molecule has 5 heteroatoms. The quantitative estimate of drug-likeness (QED) is 0.810. The molecule has 5 nitrogen and oxygen atoms in total. The molecule has 0 fully saturated rings. The van der Waals surface area contributed by atoms with Gasteiger partial charge in [0.05, 0.1) is 7.11 Å². The van der Waals surface area contributed by atoms with Gasteiger partial charge in [-0.2, -0.15) is 0 Å². The van der Waals surface area contributed by atoms with Gasteiger partial charge in [-0.05, 0) is 37.5 Å². The number of methoxy groups -OCH3 is 1. The molecule has 1 amide bonds. The van der Waals surface area contributed by atoms with Crippen molar-refractivity contribution in [2.45, 2.75) is 39.8 Å². The summed E-state index contributed by atoms with van der Waals surface area (Å²) in [5.74, 6) is -0.358. The summed E-state index contributed by atoms with van der Waals surface area (Å²) in [7, 11) is 1.40. The first-order chi connectivity index (χ1) is 12.9. The Balaban J connectivity index is 1.78. The van der Waals surface area contributed by atoms with E-state index in [-0.39, 0.29) is 24.5 Å². The number of ether oxygens (including phenoxy) is 1. The smallest absolute Gasteiger partial charge is 0.365 e. The molecule has 0 bridgehead atoms. The molecule has 3 rings (SSSR count). The Morgan fingerprint density at radius 3 is 2.37 bits per heavy atom. The van der Waals surface area contributed by atoms with Crippen molar-refractivity contribution in [3.63, 3.8) is 0 Å². The Hall–Kier alpha value is -2.66. The molecule has 2 N–H and O–H groups in total. The monoisotopic (exact) mass is 367 g/mol. The van der Waals surface area contributed by atoms with Crippen LogP contribution in [0.2, 0.25) is 0 Å². The molecule has 27 heavy (non-hydrogen) atoms. The van der Waals surface area contributed by atoms with Crippen LogP contribution in [0.4, 0.5) is 5.69 Å². The lowest BCUT2D eigenvalue weighted by atomic mass is 9.94. The molecule has 2 aromatic carbocycles. The highest BCUT2D eigenvalue weighted by Gasteiger charge is 2.37. The third kappa shape index (κ3) is 4.19. The van der Waals surface area contributed by atoms with Crippen molar-refractivity contribution in [2.24, 2.45) is 0 Å². The standard InChI is InChI=1S/C22H26N2O3/c1-14-9-15(2)21(16(3)10-14)23-20(25)13-24-12-18-8-6-5-7-17(18)11-19(24)22(26)27-4/h5-10,19H,11-13H2,1-4H3,(H,23,25)/p+1/t19-/m0/s1. The van der Waals surface area contributed by atoms with Crippen molar-refractivity contribution < 1.29 is 19.2 Å². The van der Waals surface area contributed by atoms with Crippen molar-refractivity contribution >= 4 is 17.6 Å². The maximum Gasteiger partial charge on any atom is 0.365 e. The molecule has 2 atom stereocenters. The van der Waals surface area contributed by atoms with Crippen molar-refractivity contribution in [3.8, 4) is 0 Å². The van der Waals surface area contributed by atoms with Gasteiger partial charge in [0.2, 0.25) is 0 Å². The summed E-state index contributed by atoms with van der Waals surface area (Å²) in [6.45, 7) is 6.89. The Morgan fingerprint density at radius 2 is 1.74 bits per heavy atom. The van der Waals surface area contributed by atoms with Crippen LogP contribution in [0.25, 0.3) is 0 Å². The molecule has 1 heterocycles. The highest BCUT2D eigenvalue weighted by atomic mass is 16.5. The summed E-state index contributed by atoms with van der Waals surface area (Å²) >= 11 is 0. The number of quaternary nitrogens is 1. The fourth-order valence-corrected chi connectivity index (χ4v) is 4.01. The molecule has 1 aliphatic rings. The second kappa shape index (κ2) is 7.92. The van der Waals surface area contributed by atoms with Gasteiger partial charge in [0.25, 0.3) is 5.91 Å². The largest absolute Gasteiger partial charge is 0.465 e. The van der Waals surface area contributed by atoms with Gasteiger partial charge in [-0.1, -0.05) is 42.0 Å². The number of carbonyl (C=O) groups excluding carboxylic acids is 2. The summed E-state index contributed by atoms with van der Waals surface area (Å²) in [6.07, 6.45) is 0.591. The second-order valence-corrected chi connectivity index (χ2v) is 7.38. The summed E-state index contributed by atoms with van der Waals surface area (Å²) in [5, 5.41) is 3.04. The molecule has 2 aromatic rings. The number of fused-ring (bicyclic) bond motifs is 1. The minimum atomic E-state index is -0.365. The molecule has 142 valence electrons. The number of esters is 1. The number of anilines is 1. The van der Waals surface area contributed by atoms with E-state index in [4.69, 9.17) is 4.74 Å². The Kier molecular flexibility index (Phi) is 5.61. The number of hydrogen-bond acceptors (Lipinski definition) is 3. The second-order valence-electron chi connectivity index (χ2n) is 7.38. The Labute approximate surface area is 160 Å². The van der Waals surface area contributed by atoms with Crippen LogP contribution in [0.5, 0.6) is 0 Å². The van der Waals surface area contributed by atoms with Crippen molar-refractivity contribution in [1.82, 2.24) is 0 Å². The van der Waals surface area contributed by atoms with Gasteiger partial charge < -0.3 is 15.0 Å². The molecule has 0 saturated carbocycles. The minimum absolute atomic E-state index is 0.0895. The minimum Gasteiger partial charge on any atom is -0.465 e. The van der Waals surface area contributed by atoms with Crippen molar-refractivity contribution in [2.75, 3.05) is 19.0 Å². The average Bonchev–Trinajstić information content (AvgIpc) is 2.63. The summed E-state index contributed by atoms with van der Waals surface area (Å²) < 4.78 is 4.99. The van der Waals surface area contributed by atoms with E-state index in [1.54, 1.807) is 0 Å². The number of rotatable bonds is 4. The zero-order valence-electron chi connectivity index (χ0n) is 16.4. The predicted molar refractivity (Wildman–Crippen MR) is 105 cm³/mol. The molecule has 1 unspecified atom stereocenters. The van der Waals surface area contributed by atoms with Crippen LogP contribution in [0.3, 0.4) is 0 Å². The van der Waals surface area contributed by atoms with Crippen LogP contribution >= 0.6 is 0 Å². The highest BCUT2D eigenvalue weighted by molar-refractivity contribution is 5.93. The maximum absolute atomic E-state index is 12.8. The van der Waals surface area contributed by atoms with Crippen molar-refractivity contribution in [1.29, 1.82) is 0 Å². The lowest BCUT2D eigenvalue weighted by Crippen LogP contribution is -3.17. The average molecular weight is 367 g/mol. The van der Waals surface area contributed by atoms with Gasteiger partial charge in [-0.3, -0.25) is 4.79 Å². The van der Waals surface area contributed by atoms with E-state index in [9.17, 15) is 9.59 Å². The lowest BCUT2D eigenvalue weighted by Gasteiger charge is -2.31. The fraction of sp³-hybridized carbons (Fsp3) is 0.364. The lowest BCUT2D eigenvalue weighted by molar-refractivity contribution is -0.924. The van der Waals surface area contributed by atoms with Gasteiger partial charge in [0, 0.05) is 17.7 Å². The van der Waals surface area contributed by atoms with Gasteiger partial charge in [-0.15, -0.1) is 0 Å². The van der Waals surface area contributed by atoms with Crippen LogP contribution in [-0.4, -0.2) is 31.6 Å². The van der Waals surface area contributed by atoms with Crippen LogP contribution in [0, 0.1) is 20.8 Å². The van der Waals surface area contributed by atoms with E-state index in [1.807, 2.05) is 39.0 Å². The number of carbonyl (C=O) groups is 2. The topological polar surface area (TPSA) is 59.8 Å². The van der Waals surface area contributed by atoms with Gasteiger partial charge >= 0.3 is 5.97 Å². The summed E-state index contributed by atoms with van der Waals surface area (Å²) in [5.41, 5.74) is 6.46. The van der Waals surface area contributed by atoms with E-state index < -0.39 is 0 Å². The van der Waals surface area contributed by atoms with E-state index in [0.717, 1.165) is 27.3 Å².